The third-order valence-electron chi connectivity index (χ3n) is 2.95. The fourth-order valence-corrected chi connectivity index (χ4v) is 0.890. The van der Waals surface area contributed by atoms with Crippen molar-refractivity contribution in [2.45, 2.75) is 52.7 Å². The SMILES string of the molecule is CC.CC(C)(O)C(C)(C)O.CS.[B]c1cc(F)c(C(=O)OC)c(F)c1. The molecule has 0 aromatic heterocycles. The van der Waals surface area contributed by atoms with E-state index in [1.165, 1.54) is 0 Å². The Hall–Kier alpha value is -1.12. The van der Waals surface area contributed by atoms with Crippen LogP contribution in [0.2, 0.25) is 0 Å². The number of aliphatic hydroxyl groups is 2. The topological polar surface area (TPSA) is 66.8 Å². The number of methoxy groups -OCH3 is 1. The number of hydrogen-bond acceptors (Lipinski definition) is 5. The van der Waals surface area contributed by atoms with E-state index in [1.54, 1.807) is 34.0 Å². The molecule has 25 heavy (non-hydrogen) atoms. The molecule has 2 N–H and O–H groups in total. The van der Waals surface area contributed by atoms with E-state index in [-0.39, 0.29) is 5.46 Å². The van der Waals surface area contributed by atoms with Gasteiger partial charge in [0, 0.05) is 0 Å². The Kier molecular flexibility index (Phi) is 15.1. The van der Waals surface area contributed by atoms with E-state index in [2.05, 4.69) is 17.4 Å². The van der Waals surface area contributed by atoms with E-state index < -0.39 is 34.4 Å². The zero-order valence-electron chi connectivity index (χ0n) is 16.1. The Morgan fingerprint density at radius 2 is 1.32 bits per heavy atom. The summed E-state index contributed by atoms with van der Waals surface area (Å²) in [4.78, 5) is 10.8. The molecular formula is C17H29BF2O4S. The molecule has 1 aromatic rings. The molecule has 8 heteroatoms. The Morgan fingerprint density at radius 1 is 1.04 bits per heavy atom. The predicted octanol–water partition coefficient (Wildman–Crippen LogP) is 2.65. The molecule has 144 valence electrons. The van der Waals surface area contributed by atoms with Crippen LogP contribution in [0.5, 0.6) is 0 Å². The van der Waals surface area contributed by atoms with Crippen LogP contribution < -0.4 is 5.46 Å². The van der Waals surface area contributed by atoms with Crippen molar-refractivity contribution in [3.8, 4) is 0 Å². The number of hydrogen-bond donors (Lipinski definition) is 3. The van der Waals surface area contributed by atoms with Crippen LogP contribution in [-0.2, 0) is 4.74 Å². The number of esters is 1. The summed E-state index contributed by atoms with van der Waals surface area (Å²) in [7, 11) is 6.18. The average molecular weight is 378 g/mol. The number of benzene rings is 1. The van der Waals surface area contributed by atoms with Crippen LogP contribution in [0.15, 0.2) is 12.1 Å². The fraction of sp³-hybridized carbons (Fsp3) is 0.588. The van der Waals surface area contributed by atoms with E-state index in [1.807, 2.05) is 13.8 Å². The van der Waals surface area contributed by atoms with Crippen LogP contribution in [0.1, 0.15) is 51.9 Å². The third kappa shape index (κ3) is 11.2. The van der Waals surface area contributed by atoms with Gasteiger partial charge in [0.25, 0.3) is 0 Å². The first kappa shape index (κ1) is 28.7. The minimum absolute atomic E-state index is 0.0809. The molecule has 0 aliphatic rings. The molecule has 2 radical (unpaired) electrons. The van der Waals surface area contributed by atoms with Gasteiger partial charge in [-0.05, 0) is 46.1 Å². The monoisotopic (exact) mass is 378 g/mol. The van der Waals surface area contributed by atoms with Gasteiger partial charge in [-0.1, -0.05) is 19.3 Å². The summed E-state index contributed by atoms with van der Waals surface area (Å²) < 4.78 is 30.0. The molecule has 0 saturated heterocycles. The van der Waals surface area contributed by atoms with E-state index in [0.717, 1.165) is 19.2 Å². The minimum atomic E-state index is -1.06. The van der Waals surface area contributed by atoms with Gasteiger partial charge < -0.3 is 14.9 Å². The Labute approximate surface area is 156 Å². The fourth-order valence-electron chi connectivity index (χ4n) is 0.890. The second-order valence-corrected chi connectivity index (χ2v) is 5.47. The van der Waals surface area contributed by atoms with Crippen LogP contribution in [0.25, 0.3) is 0 Å². The van der Waals surface area contributed by atoms with Crippen molar-refractivity contribution in [1.82, 2.24) is 0 Å². The number of carbonyl (C=O) groups is 1. The van der Waals surface area contributed by atoms with Crippen molar-refractivity contribution in [2.75, 3.05) is 13.4 Å². The van der Waals surface area contributed by atoms with Crippen molar-refractivity contribution in [1.29, 1.82) is 0 Å². The molecule has 1 rings (SSSR count). The van der Waals surface area contributed by atoms with Gasteiger partial charge >= 0.3 is 5.97 Å². The van der Waals surface area contributed by atoms with Crippen molar-refractivity contribution >= 4 is 31.9 Å². The van der Waals surface area contributed by atoms with E-state index in [4.69, 9.17) is 18.1 Å². The molecule has 0 unspecified atom stereocenters. The van der Waals surface area contributed by atoms with Crippen LogP contribution in [0, 0.1) is 11.6 Å². The first-order valence-electron chi connectivity index (χ1n) is 7.53. The zero-order valence-corrected chi connectivity index (χ0v) is 17.0. The molecule has 0 saturated carbocycles. The summed E-state index contributed by atoms with van der Waals surface area (Å²) in [5.74, 6) is -3.11. The lowest BCUT2D eigenvalue weighted by atomic mass is 9.90. The highest BCUT2D eigenvalue weighted by molar-refractivity contribution is 7.79. The quantitative estimate of drug-likeness (QED) is 0.421. The average Bonchev–Trinajstić information content (AvgIpc) is 2.48. The van der Waals surface area contributed by atoms with Gasteiger partial charge in [0.15, 0.2) is 0 Å². The maximum absolute atomic E-state index is 12.9. The van der Waals surface area contributed by atoms with Gasteiger partial charge in [-0.15, -0.1) is 0 Å². The molecule has 0 bridgehead atoms. The summed E-state index contributed by atoms with van der Waals surface area (Å²) in [6.45, 7) is 10.3. The Balaban J connectivity index is -0.000000348. The minimum Gasteiger partial charge on any atom is -0.465 e. The second-order valence-electron chi connectivity index (χ2n) is 5.47. The molecule has 0 aliphatic carbocycles. The summed E-state index contributed by atoms with van der Waals surface area (Å²) >= 11 is 3.53. The normalized spacial score (nSPS) is 10.1. The van der Waals surface area contributed by atoms with E-state index in [9.17, 15) is 13.6 Å². The van der Waals surface area contributed by atoms with Gasteiger partial charge in [-0.3, -0.25) is 0 Å². The van der Waals surface area contributed by atoms with Gasteiger partial charge in [-0.2, -0.15) is 12.6 Å². The zero-order chi connectivity index (χ0) is 21.0. The number of rotatable bonds is 2. The van der Waals surface area contributed by atoms with Crippen molar-refractivity contribution in [3.05, 3.63) is 29.3 Å². The molecule has 0 amide bonds. The van der Waals surface area contributed by atoms with Crippen LogP contribution >= 0.6 is 12.6 Å². The van der Waals surface area contributed by atoms with Crippen molar-refractivity contribution < 1.29 is 28.5 Å². The van der Waals surface area contributed by atoms with Crippen LogP contribution in [-0.4, -0.2) is 48.6 Å². The molecule has 0 atom stereocenters. The lowest BCUT2D eigenvalue weighted by Crippen LogP contribution is -2.44. The standard InChI is InChI=1S/C8H5BF2O2.C6H14O2.C2H6.CH4S/c1-13-8(12)7-5(10)2-4(9)3-6(7)11;1-5(2,7)6(3,4)8;2*1-2/h2-3H,1H3;7-8H,1-4H3;1-2H3;2H,1H3. The van der Waals surface area contributed by atoms with Crippen LogP contribution in [0.3, 0.4) is 0 Å². The second kappa shape index (κ2) is 13.1. The summed E-state index contributed by atoms with van der Waals surface area (Å²) in [5.41, 5.74) is -2.82. The predicted molar refractivity (Wildman–Crippen MR) is 102 cm³/mol. The van der Waals surface area contributed by atoms with Crippen LogP contribution in [0.4, 0.5) is 8.78 Å². The maximum Gasteiger partial charge on any atom is 0.343 e. The van der Waals surface area contributed by atoms with Gasteiger partial charge in [-0.25, -0.2) is 13.6 Å². The molecule has 0 spiro atoms. The largest absolute Gasteiger partial charge is 0.465 e. The number of carbonyl (C=O) groups excluding carboxylic acids is 1. The van der Waals surface area contributed by atoms with Crippen molar-refractivity contribution in [2.24, 2.45) is 0 Å². The molecule has 1 aromatic carbocycles. The van der Waals surface area contributed by atoms with Gasteiger partial charge in [0.1, 0.15) is 25.0 Å². The summed E-state index contributed by atoms with van der Waals surface area (Å²) in [6, 6.07) is 1.71. The summed E-state index contributed by atoms with van der Waals surface area (Å²) in [6.07, 6.45) is 1.69. The highest BCUT2D eigenvalue weighted by atomic mass is 32.1. The third-order valence-corrected chi connectivity index (χ3v) is 2.95. The first-order valence-corrected chi connectivity index (χ1v) is 8.43. The smallest absolute Gasteiger partial charge is 0.343 e. The van der Waals surface area contributed by atoms with E-state index >= 15 is 0 Å². The Morgan fingerprint density at radius 3 is 1.52 bits per heavy atom. The maximum atomic E-state index is 12.9. The number of ether oxygens (including phenoxy) is 1. The summed E-state index contributed by atoms with van der Waals surface area (Å²) in [5, 5.41) is 18.2. The van der Waals surface area contributed by atoms with Gasteiger partial charge in [0.05, 0.1) is 18.3 Å². The molecule has 0 fully saturated rings. The lowest BCUT2D eigenvalue weighted by Gasteiger charge is -2.31. The molecule has 0 heterocycles. The molecule has 4 nitrogen and oxygen atoms in total. The lowest BCUT2D eigenvalue weighted by molar-refractivity contribution is -0.107. The van der Waals surface area contributed by atoms with Gasteiger partial charge in [0.2, 0.25) is 0 Å². The highest BCUT2D eigenvalue weighted by Gasteiger charge is 2.31. The highest BCUT2D eigenvalue weighted by Crippen LogP contribution is 2.19. The molecular weight excluding hydrogens is 349 g/mol. The Bertz CT molecular complexity index is 477. The van der Waals surface area contributed by atoms with Crippen molar-refractivity contribution in [3.63, 3.8) is 0 Å². The number of thiol groups is 1. The molecule has 0 aliphatic heterocycles. The number of halogens is 2. The first-order chi connectivity index (χ1) is 11.3. The van der Waals surface area contributed by atoms with E-state index in [0.29, 0.717) is 0 Å².